The van der Waals surface area contributed by atoms with E-state index in [-0.39, 0.29) is 0 Å². The van der Waals surface area contributed by atoms with Crippen molar-refractivity contribution < 1.29 is 4.79 Å². The summed E-state index contributed by atoms with van der Waals surface area (Å²) in [7, 11) is 0. The van der Waals surface area contributed by atoms with Crippen molar-refractivity contribution in [2.45, 2.75) is 0 Å². The second kappa shape index (κ2) is 6.19. The van der Waals surface area contributed by atoms with Crippen LogP contribution in [-0.2, 0) is 4.79 Å². The average Bonchev–Trinajstić information content (AvgIpc) is 2.47. The summed E-state index contributed by atoms with van der Waals surface area (Å²) >= 11 is 0. The van der Waals surface area contributed by atoms with Gasteiger partial charge in [-0.1, -0.05) is 60.7 Å². The molecule has 4 heteroatoms. The molecule has 0 atom stereocenters. The van der Waals surface area contributed by atoms with Gasteiger partial charge in [0.2, 0.25) is 5.91 Å². The molecule has 19 heavy (non-hydrogen) atoms. The van der Waals surface area contributed by atoms with Crippen LogP contribution in [0, 0.1) is 0 Å². The van der Waals surface area contributed by atoms with Gasteiger partial charge in [0.25, 0.3) is 0 Å². The second-order valence-electron chi connectivity index (χ2n) is 3.83. The number of amides is 1. The molecule has 0 aliphatic heterocycles. The van der Waals surface area contributed by atoms with Crippen LogP contribution in [0.5, 0.6) is 0 Å². The maximum atomic E-state index is 11.9. The van der Waals surface area contributed by atoms with Crippen LogP contribution in [0.2, 0.25) is 0 Å². The lowest BCUT2D eigenvalue weighted by atomic mass is 10.0. The van der Waals surface area contributed by atoms with Gasteiger partial charge in [0, 0.05) is 10.5 Å². The van der Waals surface area contributed by atoms with Gasteiger partial charge >= 0.3 is 0 Å². The number of hydrogen-bond acceptors (Lipinski definition) is 1. The highest BCUT2D eigenvalue weighted by Crippen LogP contribution is 2.19. The van der Waals surface area contributed by atoms with Crippen molar-refractivity contribution in [3.63, 3.8) is 0 Å². The van der Waals surface area contributed by atoms with E-state index in [1.165, 1.54) is 0 Å². The van der Waals surface area contributed by atoms with Crippen LogP contribution in [0.15, 0.2) is 65.8 Å². The zero-order valence-corrected chi connectivity index (χ0v) is 10.1. The van der Waals surface area contributed by atoms with Gasteiger partial charge in [0.1, 0.15) is 0 Å². The van der Waals surface area contributed by atoms with Crippen molar-refractivity contribution in [2.24, 2.45) is 5.11 Å². The molecular weight excluding hydrogens is 238 g/mol. The van der Waals surface area contributed by atoms with E-state index < -0.39 is 5.91 Å². The van der Waals surface area contributed by atoms with E-state index in [1.807, 2.05) is 48.5 Å². The van der Waals surface area contributed by atoms with Crippen LogP contribution < -0.4 is 0 Å². The second-order valence-corrected chi connectivity index (χ2v) is 3.83. The van der Waals surface area contributed by atoms with Gasteiger partial charge in [-0.05, 0) is 27.8 Å². The molecule has 0 spiro atoms. The third-order valence-corrected chi connectivity index (χ3v) is 2.56. The predicted molar refractivity (Wildman–Crippen MR) is 74.9 cm³/mol. The Morgan fingerprint density at radius 3 is 2.16 bits per heavy atom. The van der Waals surface area contributed by atoms with Gasteiger partial charge < -0.3 is 0 Å². The maximum Gasteiger partial charge on any atom is 0.249 e. The molecule has 2 aromatic carbocycles. The SMILES string of the molecule is [N-]=[N+]=NC(=O)C(=Cc1ccccc1)c1ccccc1. The monoisotopic (exact) mass is 249 g/mol. The minimum absolute atomic E-state index is 0.379. The summed E-state index contributed by atoms with van der Waals surface area (Å²) in [6.07, 6.45) is 1.71. The number of nitrogens with zero attached hydrogens (tertiary/aromatic N) is 3. The number of azide groups is 1. The third kappa shape index (κ3) is 3.31. The fourth-order valence-electron chi connectivity index (χ4n) is 1.70. The first kappa shape index (κ1) is 12.6. The molecule has 0 N–H and O–H groups in total. The van der Waals surface area contributed by atoms with E-state index >= 15 is 0 Å². The average molecular weight is 249 g/mol. The molecule has 0 unspecified atom stereocenters. The third-order valence-electron chi connectivity index (χ3n) is 2.56. The van der Waals surface area contributed by atoms with Crippen LogP contribution in [0.1, 0.15) is 11.1 Å². The number of benzene rings is 2. The molecular formula is C15H11N3O. The Morgan fingerprint density at radius 2 is 1.58 bits per heavy atom. The molecule has 0 aliphatic carbocycles. The van der Waals surface area contributed by atoms with Gasteiger partial charge in [0.05, 0.1) is 0 Å². The minimum Gasteiger partial charge on any atom is -0.287 e. The predicted octanol–water partition coefficient (Wildman–Crippen LogP) is 4.06. The van der Waals surface area contributed by atoms with Crippen LogP contribution in [0.4, 0.5) is 0 Å². The first-order valence-electron chi connectivity index (χ1n) is 5.73. The van der Waals surface area contributed by atoms with E-state index in [1.54, 1.807) is 18.2 Å². The first-order chi connectivity index (χ1) is 9.31. The number of carbonyl (C=O) groups is 1. The topological polar surface area (TPSA) is 65.8 Å². The normalized spacial score (nSPS) is 10.6. The molecule has 0 aromatic heterocycles. The minimum atomic E-state index is -0.586. The number of hydrogen-bond donors (Lipinski definition) is 0. The first-order valence-corrected chi connectivity index (χ1v) is 5.73. The highest BCUT2D eigenvalue weighted by atomic mass is 16.1. The summed E-state index contributed by atoms with van der Waals surface area (Å²) in [5.41, 5.74) is 10.4. The molecule has 0 saturated heterocycles. The van der Waals surface area contributed by atoms with Gasteiger partial charge in [-0.25, -0.2) is 0 Å². The van der Waals surface area contributed by atoms with Crippen LogP contribution in [0.25, 0.3) is 22.1 Å². The zero-order chi connectivity index (χ0) is 13.5. The van der Waals surface area contributed by atoms with E-state index in [9.17, 15) is 4.79 Å². The molecule has 1 amide bonds. The fourth-order valence-corrected chi connectivity index (χ4v) is 1.70. The van der Waals surface area contributed by atoms with E-state index in [4.69, 9.17) is 5.53 Å². The lowest BCUT2D eigenvalue weighted by molar-refractivity contribution is -0.112. The Hall–Kier alpha value is -2.84. The summed E-state index contributed by atoms with van der Waals surface area (Å²) < 4.78 is 0. The lowest BCUT2D eigenvalue weighted by Crippen LogP contribution is -1.97. The molecule has 0 aliphatic rings. The summed E-state index contributed by atoms with van der Waals surface area (Å²) in [5, 5.41) is 3.17. The molecule has 4 nitrogen and oxygen atoms in total. The van der Waals surface area contributed by atoms with Gasteiger partial charge in [0.15, 0.2) is 0 Å². The lowest BCUT2D eigenvalue weighted by Gasteiger charge is -2.03. The van der Waals surface area contributed by atoms with Crippen molar-refractivity contribution in [1.82, 2.24) is 0 Å². The Labute approximate surface area is 110 Å². The summed E-state index contributed by atoms with van der Waals surface area (Å²) in [5.74, 6) is -0.586. The van der Waals surface area contributed by atoms with Crippen molar-refractivity contribution in [2.75, 3.05) is 0 Å². The summed E-state index contributed by atoms with van der Waals surface area (Å²) in [6, 6.07) is 18.6. The zero-order valence-electron chi connectivity index (χ0n) is 10.1. The molecule has 0 radical (unpaired) electrons. The Morgan fingerprint density at radius 1 is 1.00 bits per heavy atom. The van der Waals surface area contributed by atoms with Gasteiger partial charge in [-0.2, -0.15) is 0 Å². The summed E-state index contributed by atoms with van der Waals surface area (Å²) in [4.78, 5) is 14.4. The number of carbonyl (C=O) groups excluding carboxylic acids is 1. The highest BCUT2D eigenvalue weighted by Gasteiger charge is 2.09. The van der Waals surface area contributed by atoms with Crippen molar-refractivity contribution in [3.8, 4) is 0 Å². The van der Waals surface area contributed by atoms with Crippen LogP contribution in [-0.4, -0.2) is 5.91 Å². The molecule has 2 aromatic rings. The largest absolute Gasteiger partial charge is 0.287 e. The van der Waals surface area contributed by atoms with Crippen LogP contribution in [0.3, 0.4) is 0 Å². The molecule has 2 rings (SSSR count). The molecule has 0 saturated carbocycles. The van der Waals surface area contributed by atoms with E-state index in [2.05, 4.69) is 10.0 Å². The summed E-state index contributed by atoms with van der Waals surface area (Å²) in [6.45, 7) is 0. The Bertz CT molecular complexity index is 642. The maximum absolute atomic E-state index is 11.9. The standard InChI is InChI=1S/C15H11N3O/c16-18-17-15(19)14(13-9-5-2-6-10-13)11-12-7-3-1-4-8-12/h1-11H. The fraction of sp³-hybridized carbons (Fsp3) is 0. The van der Waals surface area contributed by atoms with Crippen LogP contribution >= 0.6 is 0 Å². The van der Waals surface area contributed by atoms with Gasteiger partial charge in [-0.3, -0.25) is 4.79 Å². The smallest absolute Gasteiger partial charge is 0.249 e. The molecule has 0 heterocycles. The van der Waals surface area contributed by atoms with Crippen molar-refractivity contribution in [3.05, 3.63) is 82.2 Å². The number of rotatable bonds is 3. The van der Waals surface area contributed by atoms with Crippen molar-refractivity contribution in [1.29, 1.82) is 0 Å². The molecule has 92 valence electrons. The van der Waals surface area contributed by atoms with E-state index in [0.717, 1.165) is 11.1 Å². The molecule has 0 bridgehead atoms. The van der Waals surface area contributed by atoms with Gasteiger partial charge in [-0.15, -0.1) is 0 Å². The Kier molecular flexibility index (Phi) is 4.11. The van der Waals surface area contributed by atoms with E-state index in [0.29, 0.717) is 5.57 Å². The highest BCUT2D eigenvalue weighted by molar-refractivity contribution is 6.24. The molecule has 0 fully saturated rings. The quantitative estimate of drug-likeness (QED) is 0.266. The Balaban J connectivity index is 2.49. The van der Waals surface area contributed by atoms with Crippen molar-refractivity contribution >= 4 is 17.6 Å².